The Labute approximate surface area is 131 Å². The molecule has 22 heavy (non-hydrogen) atoms. The molecule has 1 rings (SSSR count). The minimum absolute atomic E-state index is 0.210. The summed E-state index contributed by atoms with van der Waals surface area (Å²) in [5.74, 6) is -0.210. The highest BCUT2D eigenvalue weighted by Gasteiger charge is 2.46. The molecule has 1 unspecified atom stereocenters. The molecule has 130 valence electrons. The van der Waals surface area contributed by atoms with Gasteiger partial charge >= 0.3 is 0 Å². The van der Waals surface area contributed by atoms with Gasteiger partial charge in [0.1, 0.15) is 24.4 Å². The lowest BCUT2D eigenvalue weighted by atomic mass is 9.95. The number of hydrogen-bond acceptors (Lipinski definition) is 6. The van der Waals surface area contributed by atoms with Crippen LogP contribution in [0.5, 0.6) is 0 Å². The summed E-state index contributed by atoms with van der Waals surface area (Å²) in [6.07, 6.45) is 0.205. The Kier molecular flexibility index (Phi) is 8.27. The molecule has 5 atom stereocenters. The molecule has 1 saturated heterocycles. The second-order valence-corrected chi connectivity index (χ2v) is 5.89. The highest BCUT2D eigenvalue weighted by Crippen LogP contribution is 2.24. The summed E-state index contributed by atoms with van der Waals surface area (Å²) in [6, 6.07) is -1.04. The highest BCUT2D eigenvalue weighted by atomic mass is 16.6. The zero-order chi connectivity index (χ0) is 16.7. The Hall–Kier alpha value is -0.730. The average molecular weight is 319 g/mol. The van der Waals surface area contributed by atoms with Gasteiger partial charge in [-0.2, -0.15) is 0 Å². The standard InChI is InChI=1S/C15H29NO6/c1-3-4-5-6-7-8-11(18)16(2)12-14(20)13(19)10(9-17)22-15(12)21/h10,12-15,17,19-21H,3-9H2,1-2H3/t10-,12-,13-,14-,15?/m1/s1. The van der Waals surface area contributed by atoms with Gasteiger partial charge in [0.15, 0.2) is 6.29 Å². The van der Waals surface area contributed by atoms with Gasteiger partial charge in [-0.15, -0.1) is 0 Å². The SMILES string of the molecule is CCCCCCCC(=O)N(C)[C@H]1C(O)O[C@H](CO)[C@@H](O)[C@@H]1O. The van der Waals surface area contributed by atoms with E-state index in [4.69, 9.17) is 9.84 Å². The van der Waals surface area contributed by atoms with Crippen molar-refractivity contribution in [3.63, 3.8) is 0 Å². The summed E-state index contributed by atoms with van der Waals surface area (Å²) in [4.78, 5) is 13.4. The molecule has 0 saturated carbocycles. The van der Waals surface area contributed by atoms with E-state index in [2.05, 4.69) is 6.92 Å². The number of amides is 1. The van der Waals surface area contributed by atoms with Crippen LogP contribution in [-0.4, -0.2) is 75.5 Å². The molecule has 0 aromatic carbocycles. The van der Waals surface area contributed by atoms with E-state index in [1.165, 1.54) is 11.9 Å². The molecule has 1 fully saturated rings. The first-order valence-corrected chi connectivity index (χ1v) is 8.00. The van der Waals surface area contributed by atoms with Crippen molar-refractivity contribution in [2.75, 3.05) is 13.7 Å². The van der Waals surface area contributed by atoms with E-state index >= 15 is 0 Å². The van der Waals surface area contributed by atoms with Crippen LogP contribution in [0.25, 0.3) is 0 Å². The zero-order valence-corrected chi connectivity index (χ0v) is 13.4. The van der Waals surface area contributed by atoms with Crippen LogP contribution in [0.3, 0.4) is 0 Å². The van der Waals surface area contributed by atoms with Gasteiger partial charge in [-0.3, -0.25) is 4.79 Å². The molecule has 4 N–H and O–H groups in total. The Morgan fingerprint density at radius 3 is 2.32 bits per heavy atom. The maximum atomic E-state index is 12.1. The third-order valence-electron chi connectivity index (χ3n) is 4.20. The zero-order valence-electron chi connectivity index (χ0n) is 13.4. The van der Waals surface area contributed by atoms with E-state index in [1.54, 1.807) is 0 Å². The summed E-state index contributed by atoms with van der Waals surface area (Å²) in [7, 11) is 1.47. The number of ether oxygens (including phenoxy) is 1. The first-order chi connectivity index (χ1) is 10.4. The van der Waals surface area contributed by atoms with Gasteiger partial charge < -0.3 is 30.1 Å². The van der Waals surface area contributed by atoms with Crippen LogP contribution in [0.2, 0.25) is 0 Å². The second-order valence-electron chi connectivity index (χ2n) is 5.89. The van der Waals surface area contributed by atoms with Crippen molar-refractivity contribution in [1.29, 1.82) is 0 Å². The van der Waals surface area contributed by atoms with Crippen molar-refractivity contribution < 1.29 is 30.0 Å². The van der Waals surface area contributed by atoms with E-state index in [0.29, 0.717) is 6.42 Å². The quantitative estimate of drug-likeness (QED) is 0.453. The van der Waals surface area contributed by atoms with Crippen molar-refractivity contribution in [2.24, 2.45) is 0 Å². The van der Waals surface area contributed by atoms with Crippen LogP contribution >= 0.6 is 0 Å². The fourth-order valence-electron chi connectivity index (χ4n) is 2.72. The minimum atomic E-state index is -1.44. The number of unbranched alkanes of at least 4 members (excludes halogenated alkanes) is 4. The molecule has 7 nitrogen and oxygen atoms in total. The van der Waals surface area contributed by atoms with Crippen molar-refractivity contribution in [3.05, 3.63) is 0 Å². The van der Waals surface area contributed by atoms with Crippen LogP contribution in [0.15, 0.2) is 0 Å². The number of likely N-dealkylation sites (N-methyl/N-ethyl adjacent to an activating group) is 1. The van der Waals surface area contributed by atoms with Gasteiger partial charge in [-0.05, 0) is 6.42 Å². The molecule has 0 aliphatic carbocycles. The van der Waals surface area contributed by atoms with Gasteiger partial charge in [-0.25, -0.2) is 0 Å². The lowest BCUT2D eigenvalue weighted by molar-refractivity contribution is -0.268. The smallest absolute Gasteiger partial charge is 0.222 e. The largest absolute Gasteiger partial charge is 0.394 e. The summed E-state index contributed by atoms with van der Waals surface area (Å²) in [6.45, 7) is 1.60. The number of aliphatic hydroxyl groups excluding tert-OH is 4. The van der Waals surface area contributed by atoms with Gasteiger partial charge in [0.05, 0.1) is 6.61 Å². The van der Waals surface area contributed by atoms with E-state index in [9.17, 15) is 20.1 Å². The molecule has 0 radical (unpaired) electrons. The van der Waals surface area contributed by atoms with Crippen LogP contribution in [-0.2, 0) is 9.53 Å². The summed E-state index contributed by atoms with van der Waals surface area (Å²) >= 11 is 0. The molecule has 7 heteroatoms. The topological polar surface area (TPSA) is 110 Å². The molecule has 0 bridgehead atoms. The number of aliphatic hydroxyl groups is 4. The second kappa shape index (κ2) is 9.42. The summed E-state index contributed by atoms with van der Waals surface area (Å²) < 4.78 is 5.06. The van der Waals surface area contributed by atoms with Gasteiger partial charge in [0, 0.05) is 13.5 Å². The molecule has 0 spiro atoms. The van der Waals surface area contributed by atoms with Gasteiger partial charge in [0.25, 0.3) is 0 Å². The van der Waals surface area contributed by atoms with Gasteiger partial charge in [-0.1, -0.05) is 32.6 Å². The Morgan fingerprint density at radius 2 is 1.73 bits per heavy atom. The van der Waals surface area contributed by atoms with Crippen molar-refractivity contribution in [1.82, 2.24) is 4.90 Å². The van der Waals surface area contributed by atoms with Crippen molar-refractivity contribution >= 4 is 5.91 Å². The minimum Gasteiger partial charge on any atom is -0.394 e. The molecule has 1 aliphatic heterocycles. The van der Waals surface area contributed by atoms with Crippen LogP contribution in [0, 0.1) is 0 Å². The Bertz CT molecular complexity index is 340. The maximum absolute atomic E-state index is 12.1. The molecule has 0 aromatic heterocycles. The molecular formula is C15H29NO6. The summed E-state index contributed by atoms with van der Waals surface area (Å²) in [5, 5.41) is 38.9. The number of carbonyl (C=O) groups is 1. The molecule has 1 amide bonds. The maximum Gasteiger partial charge on any atom is 0.222 e. The number of nitrogens with zero attached hydrogens (tertiary/aromatic N) is 1. The lowest BCUT2D eigenvalue weighted by Gasteiger charge is -2.43. The first kappa shape index (κ1) is 19.3. The lowest BCUT2D eigenvalue weighted by Crippen LogP contribution is -2.64. The predicted octanol–water partition coefficient (Wildman–Crippen LogP) is -0.395. The molecular weight excluding hydrogens is 290 g/mol. The van der Waals surface area contributed by atoms with E-state index in [-0.39, 0.29) is 5.91 Å². The van der Waals surface area contributed by atoms with E-state index in [1.807, 2.05) is 0 Å². The molecule has 1 aliphatic rings. The predicted molar refractivity (Wildman–Crippen MR) is 79.9 cm³/mol. The molecule has 1 heterocycles. The first-order valence-electron chi connectivity index (χ1n) is 8.00. The number of hydrogen-bond donors (Lipinski definition) is 4. The third kappa shape index (κ3) is 4.89. The monoisotopic (exact) mass is 319 g/mol. The van der Waals surface area contributed by atoms with Crippen LogP contribution < -0.4 is 0 Å². The van der Waals surface area contributed by atoms with E-state index < -0.39 is 37.3 Å². The van der Waals surface area contributed by atoms with E-state index in [0.717, 1.165) is 32.1 Å². The summed E-state index contributed by atoms with van der Waals surface area (Å²) in [5.41, 5.74) is 0. The Morgan fingerprint density at radius 1 is 1.09 bits per heavy atom. The fraction of sp³-hybridized carbons (Fsp3) is 0.933. The third-order valence-corrected chi connectivity index (χ3v) is 4.20. The van der Waals surface area contributed by atoms with Gasteiger partial charge in [0.2, 0.25) is 5.91 Å². The normalized spacial score (nSPS) is 32.0. The van der Waals surface area contributed by atoms with Crippen LogP contribution in [0.4, 0.5) is 0 Å². The van der Waals surface area contributed by atoms with Crippen molar-refractivity contribution in [2.45, 2.75) is 76.1 Å². The number of carbonyl (C=O) groups excluding carboxylic acids is 1. The Balaban J connectivity index is 2.52. The average Bonchev–Trinajstić information content (AvgIpc) is 2.50. The number of rotatable bonds is 8. The van der Waals surface area contributed by atoms with Crippen molar-refractivity contribution in [3.8, 4) is 0 Å². The fourth-order valence-corrected chi connectivity index (χ4v) is 2.72. The highest BCUT2D eigenvalue weighted by molar-refractivity contribution is 5.76. The molecule has 0 aromatic rings. The van der Waals surface area contributed by atoms with Crippen LogP contribution in [0.1, 0.15) is 45.4 Å².